The molecule has 3 nitrogen and oxygen atoms in total. The van der Waals surface area contributed by atoms with E-state index >= 15 is 0 Å². The van der Waals surface area contributed by atoms with Crippen LogP contribution >= 0.6 is 0 Å². The lowest BCUT2D eigenvalue weighted by molar-refractivity contribution is -0.129. The molecule has 1 saturated carbocycles. The minimum Gasteiger partial charge on any atom is -0.342 e. The van der Waals surface area contributed by atoms with Crippen molar-refractivity contribution in [2.45, 2.75) is 39.3 Å². The van der Waals surface area contributed by atoms with Gasteiger partial charge in [-0.3, -0.25) is 4.79 Å². The zero-order chi connectivity index (χ0) is 14.0. The molecule has 2 rings (SSSR count). The van der Waals surface area contributed by atoms with E-state index in [9.17, 15) is 9.18 Å². The van der Waals surface area contributed by atoms with Crippen molar-refractivity contribution >= 4 is 5.91 Å². The molecule has 1 aliphatic carbocycles. The molecule has 0 heterocycles. The SMILES string of the molecule is Cc1cc(CNCC(=O)N(C)C2CC2)cc(C)c1F. The minimum absolute atomic E-state index is 0.123. The molecule has 19 heavy (non-hydrogen) atoms. The van der Waals surface area contributed by atoms with E-state index in [1.807, 2.05) is 24.1 Å². The molecule has 1 aliphatic rings. The number of hydrogen-bond donors (Lipinski definition) is 1. The van der Waals surface area contributed by atoms with Crippen LogP contribution in [0.25, 0.3) is 0 Å². The predicted molar refractivity (Wildman–Crippen MR) is 73.4 cm³/mol. The summed E-state index contributed by atoms with van der Waals surface area (Å²) in [7, 11) is 1.86. The van der Waals surface area contributed by atoms with Gasteiger partial charge in [0.15, 0.2) is 0 Å². The number of amides is 1. The van der Waals surface area contributed by atoms with Gasteiger partial charge in [-0.15, -0.1) is 0 Å². The van der Waals surface area contributed by atoms with Gasteiger partial charge in [-0.1, -0.05) is 12.1 Å². The third-order valence-corrected chi connectivity index (χ3v) is 3.59. The molecule has 0 aliphatic heterocycles. The third-order valence-electron chi connectivity index (χ3n) is 3.59. The number of halogens is 1. The average Bonchev–Trinajstić information content (AvgIpc) is 3.19. The number of rotatable bonds is 5. The molecule has 1 fully saturated rings. The van der Waals surface area contributed by atoms with Gasteiger partial charge in [-0.25, -0.2) is 4.39 Å². The van der Waals surface area contributed by atoms with Gasteiger partial charge >= 0.3 is 0 Å². The number of nitrogens with zero attached hydrogens (tertiary/aromatic N) is 1. The maximum absolute atomic E-state index is 13.5. The van der Waals surface area contributed by atoms with Gasteiger partial charge in [0.25, 0.3) is 0 Å². The minimum atomic E-state index is -0.145. The Labute approximate surface area is 113 Å². The Bertz CT molecular complexity index is 460. The highest BCUT2D eigenvalue weighted by Gasteiger charge is 2.28. The summed E-state index contributed by atoms with van der Waals surface area (Å²) < 4.78 is 13.5. The van der Waals surface area contributed by atoms with E-state index in [0.29, 0.717) is 30.3 Å². The van der Waals surface area contributed by atoms with Crippen LogP contribution in [0.4, 0.5) is 4.39 Å². The highest BCUT2D eigenvalue weighted by Crippen LogP contribution is 2.25. The largest absolute Gasteiger partial charge is 0.342 e. The monoisotopic (exact) mass is 264 g/mol. The molecule has 0 unspecified atom stereocenters. The second kappa shape index (κ2) is 5.70. The van der Waals surface area contributed by atoms with Gasteiger partial charge in [0, 0.05) is 19.6 Å². The van der Waals surface area contributed by atoms with Crippen molar-refractivity contribution < 1.29 is 9.18 Å². The second-order valence-corrected chi connectivity index (χ2v) is 5.38. The molecule has 1 aromatic carbocycles. The summed E-state index contributed by atoms with van der Waals surface area (Å²) in [6.45, 7) is 4.45. The molecule has 0 radical (unpaired) electrons. The van der Waals surface area contributed by atoms with E-state index in [1.165, 1.54) is 0 Å². The van der Waals surface area contributed by atoms with Gasteiger partial charge < -0.3 is 10.2 Å². The summed E-state index contributed by atoms with van der Waals surface area (Å²) in [6, 6.07) is 4.10. The summed E-state index contributed by atoms with van der Waals surface area (Å²) in [4.78, 5) is 13.6. The fourth-order valence-corrected chi connectivity index (χ4v) is 2.24. The molecule has 0 saturated heterocycles. The van der Waals surface area contributed by atoms with Crippen LogP contribution in [0.15, 0.2) is 12.1 Å². The molecule has 104 valence electrons. The molecule has 1 aromatic rings. The molecule has 0 atom stereocenters. The van der Waals surface area contributed by atoms with E-state index in [1.54, 1.807) is 13.8 Å². The number of carbonyl (C=O) groups is 1. The Balaban J connectivity index is 1.83. The molecular formula is C15H21FN2O. The summed E-state index contributed by atoms with van der Waals surface area (Å²) in [6.07, 6.45) is 2.25. The summed E-state index contributed by atoms with van der Waals surface area (Å²) in [5.74, 6) is -0.0219. The van der Waals surface area contributed by atoms with E-state index < -0.39 is 0 Å². The van der Waals surface area contributed by atoms with Crippen molar-refractivity contribution in [1.82, 2.24) is 10.2 Å². The van der Waals surface area contributed by atoms with E-state index in [2.05, 4.69) is 5.32 Å². The first-order valence-electron chi connectivity index (χ1n) is 6.71. The highest BCUT2D eigenvalue weighted by molar-refractivity contribution is 5.78. The lowest BCUT2D eigenvalue weighted by atomic mass is 10.1. The molecular weight excluding hydrogens is 243 g/mol. The van der Waals surface area contributed by atoms with Crippen LogP contribution in [0.3, 0.4) is 0 Å². The number of nitrogens with one attached hydrogen (secondary N) is 1. The zero-order valence-electron chi connectivity index (χ0n) is 11.8. The normalized spacial score (nSPS) is 14.5. The Morgan fingerprint density at radius 3 is 2.47 bits per heavy atom. The van der Waals surface area contributed by atoms with Gasteiger partial charge in [0.1, 0.15) is 5.82 Å². The number of likely N-dealkylation sites (N-methyl/N-ethyl adjacent to an activating group) is 1. The topological polar surface area (TPSA) is 32.3 Å². The number of benzene rings is 1. The quantitative estimate of drug-likeness (QED) is 0.884. The summed E-state index contributed by atoms with van der Waals surface area (Å²) in [5, 5.41) is 3.13. The van der Waals surface area contributed by atoms with Crippen LogP contribution in [-0.4, -0.2) is 30.4 Å². The average molecular weight is 264 g/mol. The van der Waals surface area contributed by atoms with Crippen molar-refractivity contribution in [2.75, 3.05) is 13.6 Å². The van der Waals surface area contributed by atoms with E-state index in [0.717, 1.165) is 18.4 Å². The lowest BCUT2D eigenvalue weighted by Crippen LogP contribution is -2.36. The lowest BCUT2D eigenvalue weighted by Gasteiger charge is -2.16. The Morgan fingerprint density at radius 2 is 1.95 bits per heavy atom. The van der Waals surface area contributed by atoms with Gasteiger partial charge in [0.05, 0.1) is 6.54 Å². The van der Waals surface area contributed by atoms with Crippen LogP contribution < -0.4 is 5.32 Å². The predicted octanol–water partition coefficient (Wildman–Crippen LogP) is 2.15. The number of carbonyl (C=O) groups excluding carboxylic acids is 1. The van der Waals surface area contributed by atoms with Crippen LogP contribution in [0.5, 0.6) is 0 Å². The first kappa shape index (κ1) is 14.0. The second-order valence-electron chi connectivity index (χ2n) is 5.38. The standard InChI is InChI=1S/C15H21FN2O/c1-10-6-12(7-11(2)15(10)16)8-17-9-14(19)18(3)13-4-5-13/h6-7,13,17H,4-5,8-9H2,1-3H3. The Morgan fingerprint density at radius 1 is 1.37 bits per heavy atom. The van der Waals surface area contributed by atoms with Gasteiger partial charge in [-0.05, 0) is 43.4 Å². The number of hydrogen-bond acceptors (Lipinski definition) is 2. The molecule has 0 spiro atoms. The highest BCUT2D eigenvalue weighted by atomic mass is 19.1. The maximum Gasteiger partial charge on any atom is 0.236 e. The fourth-order valence-electron chi connectivity index (χ4n) is 2.24. The first-order valence-corrected chi connectivity index (χ1v) is 6.71. The van der Waals surface area contributed by atoms with Crippen molar-refractivity contribution in [1.29, 1.82) is 0 Å². The van der Waals surface area contributed by atoms with Crippen molar-refractivity contribution in [3.05, 3.63) is 34.6 Å². The molecule has 0 aromatic heterocycles. The van der Waals surface area contributed by atoms with E-state index in [-0.39, 0.29) is 11.7 Å². The summed E-state index contributed by atoms with van der Waals surface area (Å²) in [5.41, 5.74) is 2.31. The fraction of sp³-hybridized carbons (Fsp3) is 0.533. The summed E-state index contributed by atoms with van der Waals surface area (Å²) >= 11 is 0. The molecule has 1 N–H and O–H groups in total. The zero-order valence-corrected chi connectivity index (χ0v) is 11.8. The van der Waals surface area contributed by atoms with Crippen molar-refractivity contribution in [3.63, 3.8) is 0 Å². The maximum atomic E-state index is 13.5. The third kappa shape index (κ3) is 3.53. The van der Waals surface area contributed by atoms with Crippen molar-refractivity contribution in [2.24, 2.45) is 0 Å². The smallest absolute Gasteiger partial charge is 0.236 e. The first-order chi connectivity index (χ1) is 8.99. The van der Waals surface area contributed by atoms with Gasteiger partial charge in [-0.2, -0.15) is 0 Å². The molecule has 0 bridgehead atoms. The van der Waals surface area contributed by atoms with Crippen LogP contribution in [-0.2, 0) is 11.3 Å². The van der Waals surface area contributed by atoms with Crippen molar-refractivity contribution in [3.8, 4) is 0 Å². The number of aryl methyl sites for hydroxylation is 2. The van der Waals surface area contributed by atoms with Crippen LogP contribution in [0.1, 0.15) is 29.5 Å². The van der Waals surface area contributed by atoms with Crippen LogP contribution in [0, 0.1) is 19.7 Å². The Kier molecular flexibility index (Phi) is 4.20. The molecule has 1 amide bonds. The van der Waals surface area contributed by atoms with Crippen LogP contribution in [0.2, 0.25) is 0 Å². The van der Waals surface area contributed by atoms with Gasteiger partial charge in [0.2, 0.25) is 5.91 Å². The Hall–Kier alpha value is -1.42. The molecule has 4 heteroatoms. The van der Waals surface area contributed by atoms with E-state index in [4.69, 9.17) is 0 Å².